The zero-order valence-corrected chi connectivity index (χ0v) is 19.2. The van der Waals surface area contributed by atoms with Gasteiger partial charge in [-0.1, -0.05) is 71.8 Å². The van der Waals surface area contributed by atoms with Gasteiger partial charge in [-0.3, -0.25) is 19.2 Å². The van der Waals surface area contributed by atoms with Crippen LogP contribution in [0.5, 0.6) is 0 Å². The molecule has 0 unspecified atom stereocenters. The van der Waals surface area contributed by atoms with Crippen molar-refractivity contribution in [2.45, 2.75) is 13.3 Å². The fourth-order valence-corrected chi connectivity index (χ4v) is 4.02. The van der Waals surface area contributed by atoms with Crippen molar-refractivity contribution in [1.29, 1.82) is 0 Å². The van der Waals surface area contributed by atoms with E-state index in [4.69, 9.17) is 16.3 Å². The Bertz CT molecular complexity index is 1250. The second kappa shape index (κ2) is 10.0. The minimum atomic E-state index is -0.742. The Kier molecular flexibility index (Phi) is 6.89. The van der Waals surface area contributed by atoms with Gasteiger partial charge in [0.15, 0.2) is 18.2 Å². The molecule has 0 spiro atoms. The molecule has 0 aromatic heterocycles. The van der Waals surface area contributed by atoms with Crippen LogP contribution in [0, 0.1) is 12.8 Å². The number of carbonyl (C=O) groups is 4. The number of hydrogen-bond donors (Lipinski definition) is 0. The van der Waals surface area contributed by atoms with Crippen LogP contribution in [0.3, 0.4) is 0 Å². The van der Waals surface area contributed by atoms with Gasteiger partial charge in [-0.05, 0) is 25.1 Å². The lowest BCUT2D eigenvalue weighted by atomic mass is 10.0. The highest BCUT2D eigenvalue weighted by Crippen LogP contribution is 2.32. The summed E-state index contributed by atoms with van der Waals surface area (Å²) < 4.78 is 5.22. The molecule has 172 valence electrons. The number of benzene rings is 3. The Morgan fingerprint density at radius 3 is 2.38 bits per heavy atom. The van der Waals surface area contributed by atoms with Crippen LogP contribution in [0.15, 0.2) is 72.8 Å². The van der Waals surface area contributed by atoms with Gasteiger partial charge >= 0.3 is 5.97 Å². The highest BCUT2D eigenvalue weighted by atomic mass is 35.5. The Labute approximate surface area is 202 Å². The number of ether oxygens (including phenoxy) is 1. The van der Waals surface area contributed by atoms with Gasteiger partial charge in [-0.2, -0.15) is 0 Å². The van der Waals surface area contributed by atoms with Crippen LogP contribution in [0.1, 0.15) is 38.3 Å². The largest absolute Gasteiger partial charge is 0.457 e. The van der Waals surface area contributed by atoms with Gasteiger partial charge in [0.1, 0.15) is 0 Å². The molecular weight excluding hydrogens is 454 g/mol. The van der Waals surface area contributed by atoms with Crippen LogP contribution in [0.25, 0.3) is 0 Å². The van der Waals surface area contributed by atoms with E-state index in [1.54, 1.807) is 54.6 Å². The molecule has 0 N–H and O–H groups in total. The molecule has 1 saturated heterocycles. The molecule has 6 nitrogen and oxygen atoms in total. The summed E-state index contributed by atoms with van der Waals surface area (Å²) in [5.41, 5.74) is 2.59. The number of amides is 1. The van der Waals surface area contributed by atoms with E-state index in [0.717, 1.165) is 5.56 Å². The summed E-state index contributed by atoms with van der Waals surface area (Å²) in [5, 5.41) is 0.361. The van der Waals surface area contributed by atoms with E-state index in [0.29, 0.717) is 21.8 Å². The molecule has 3 aromatic carbocycles. The van der Waals surface area contributed by atoms with Crippen LogP contribution in [-0.2, 0) is 14.3 Å². The Hall–Kier alpha value is -3.77. The molecular formula is C27H22ClNO5. The average molecular weight is 476 g/mol. The second-order valence-corrected chi connectivity index (χ2v) is 8.60. The van der Waals surface area contributed by atoms with Crippen molar-refractivity contribution in [2.75, 3.05) is 18.1 Å². The minimum Gasteiger partial charge on any atom is -0.457 e. The van der Waals surface area contributed by atoms with E-state index >= 15 is 0 Å². The summed E-state index contributed by atoms with van der Waals surface area (Å²) >= 11 is 6.14. The van der Waals surface area contributed by atoms with Crippen LogP contribution >= 0.6 is 11.6 Å². The van der Waals surface area contributed by atoms with Crippen molar-refractivity contribution in [3.8, 4) is 0 Å². The molecule has 0 radical (unpaired) electrons. The minimum absolute atomic E-state index is 0.0487. The number of anilines is 1. The molecule has 1 fully saturated rings. The molecule has 1 amide bonds. The van der Waals surface area contributed by atoms with Crippen LogP contribution in [0.4, 0.5) is 5.69 Å². The third-order valence-corrected chi connectivity index (χ3v) is 5.94. The number of hydrogen-bond acceptors (Lipinski definition) is 5. The molecule has 0 aliphatic carbocycles. The van der Waals surface area contributed by atoms with Crippen molar-refractivity contribution in [2.24, 2.45) is 5.92 Å². The second-order valence-electron chi connectivity index (χ2n) is 8.16. The standard InChI is InChI=1S/C27H22ClNO5/c1-17-7-9-18(10-8-17)24(30)16-34-27(33)20-13-25(31)29(15-20)23-12-11-21(28)14-22(23)26(32)19-5-3-2-4-6-19/h2-12,14,20H,13,15-16H2,1H3/t20-/m0/s1. The highest BCUT2D eigenvalue weighted by Gasteiger charge is 2.38. The summed E-state index contributed by atoms with van der Waals surface area (Å²) in [6.45, 7) is 1.56. The van der Waals surface area contributed by atoms with E-state index in [-0.39, 0.29) is 36.0 Å². The van der Waals surface area contributed by atoms with E-state index in [9.17, 15) is 19.2 Å². The topological polar surface area (TPSA) is 80.8 Å². The molecule has 34 heavy (non-hydrogen) atoms. The third-order valence-electron chi connectivity index (χ3n) is 5.71. The number of rotatable bonds is 7. The maximum absolute atomic E-state index is 13.1. The van der Waals surface area contributed by atoms with Crippen molar-refractivity contribution >= 4 is 40.7 Å². The van der Waals surface area contributed by atoms with E-state index in [1.165, 1.54) is 11.0 Å². The summed E-state index contributed by atoms with van der Waals surface area (Å²) in [6.07, 6.45) is -0.0703. The van der Waals surface area contributed by atoms with Gasteiger partial charge in [0, 0.05) is 34.7 Å². The van der Waals surface area contributed by atoms with Crippen molar-refractivity contribution in [3.05, 3.63) is 100 Å². The highest BCUT2D eigenvalue weighted by molar-refractivity contribution is 6.31. The van der Waals surface area contributed by atoms with Crippen LogP contribution in [0.2, 0.25) is 5.02 Å². The number of nitrogens with zero attached hydrogens (tertiary/aromatic N) is 1. The van der Waals surface area contributed by atoms with E-state index in [1.807, 2.05) is 19.1 Å². The first-order valence-corrected chi connectivity index (χ1v) is 11.2. The first-order chi connectivity index (χ1) is 16.3. The molecule has 7 heteroatoms. The first kappa shape index (κ1) is 23.4. The number of aryl methyl sites for hydroxylation is 1. The smallest absolute Gasteiger partial charge is 0.311 e. The number of halogens is 1. The monoisotopic (exact) mass is 475 g/mol. The van der Waals surface area contributed by atoms with Crippen LogP contribution < -0.4 is 4.90 Å². The predicted molar refractivity (Wildman–Crippen MR) is 128 cm³/mol. The molecule has 3 aromatic rings. The molecule has 0 saturated carbocycles. The van der Waals surface area contributed by atoms with Crippen LogP contribution in [-0.4, -0.2) is 36.6 Å². The van der Waals surface area contributed by atoms with Gasteiger partial charge in [-0.25, -0.2) is 0 Å². The average Bonchev–Trinajstić information content (AvgIpc) is 3.24. The lowest BCUT2D eigenvalue weighted by molar-refractivity contribution is -0.147. The number of carbonyl (C=O) groups excluding carboxylic acids is 4. The fourth-order valence-electron chi connectivity index (χ4n) is 3.85. The normalized spacial score (nSPS) is 15.3. The number of ketones is 2. The number of Topliss-reactive ketones (excluding diaryl/α,β-unsaturated/α-hetero) is 1. The summed E-state index contributed by atoms with van der Waals surface area (Å²) in [6, 6.07) is 20.4. The predicted octanol–water partition coefficient (Wildman–Crippen LogP) is 4.66. The lowest BCUT2D eigenvalue weighted by Crippen LogP contribution is -2.28. The Morgan fingerprint density at radius 1 is 0.971 bits per heavy atom. The SMILES string of the molecule is Cc1ccc(C(=O)COC(=O)[C@H]2CC(=O)N(c3ccc(Cl)cc3C(=O)c3ccccc3)C2)cc1. The van der Waals surface area contributed by atoms with E-state index < -0.39 is 18.5 Å². The molecule has 4 rings (SSSR count). The fraction of sp³-hybridized carbons (Fsp3) is 0.185. The summed E-state index contributed by atoms with van der Waals surface area (Å²) in [4.78, 5) is 52.2. The first-order valence-electron chi connectivity index (χ1n) is 10.8. The third kappa shape index (κ3) is 5.07. The maximum Gasteiger partial charge on any atom is 0.311 e. The van der Waals surface area contributed by atoms with Gasteiger partial charge in [0.2, 0.25) is 5.91 Å². The maximum atomic E-state index is 13.1. The van der Waals surface area contributed by atoms with Gasteiger partial charge < -0.3 is 9.64 Å². The van der Waals surface area contributed by atoms with E-state index in [2.05, 4.69) is 0 Å². The summed E-state index contributed by atoms with van der Waals surface area (Å²) in [7, 11) is 0. The van der Waals surface area contributed by atoms with Gasteiger partial charge in [0.25, 0.3) is 0 Å². The molecule has 1 aliphatic heterocycles. The zero-order valence-electron chi connectivity index (χ0n) is 18.5. The van der Waals surface area contributed by atoms with Crippen molar-refractivity contribution in [3.63, 3.8) is 0 Å². The quantitative estimate of drug-likeness (QED) is 0.367. The molecule has 0 bridgehead atoms. The van der Waals surface area contributed by atoms with Crippen molar-refractivity contribution in [1.82, 2.24) is 0 Å². The zero-order chi connectivity index (χ0) is 24.2. The van der Waals surface area contributed by atoms with Gasteiger partial charge in [-0.15, -0.1) is 0 Å². The summed E-state index contributed by atoms with van der Waals surface area (Å²) in [5.74, 6) is -2.27. The van der Waals surface area contributed by atoms with Crippen molar-refractivity contribution < 1.29 is 23.9 Å². The number of esters is 1. The molecule has 1 atom stereocenters. The lowest BCUT2D eigenvalue weighted by Gasteiger charge is -2.20. The Balaban J connectivity index is 1.47. The molecule has 1 heterocycles. The Morgan fingerprint density at radius 2 is 1.68 bits per heavy atom. The van der Waals surface area contributed by atoms with Gasteiger partial charge in [0.05, 0.1) is 11.6 Å². The molecule has 1 aliphatic rings.